The normalized spacial score (nSPS) is 11.3. The van der Waals surface area contributed by atoms with Crippen LogP contribution in [0.25, 0.3) is 0 Å². The zero-order chi connectivity index (χ0) is 17.4. The molecule has 4 N–H and O–H groups in total. The van der Waals surface area contributed by atoms with Gasteiger partial charge in [0.05, 0.1) is 16.8 Å². The lowest BCUT2D eigenvalue weighted by Gasteiger charge is -2.18. The van der Waals surface area contributed by atoms with E-state index in [9.17, 15) is 9.59 Å². The van der Waals surface area contributed by atoms with E-state index in [4.69, 9.17) is 5.73 Å². The van der Waals surface area contributed by atoms with Gasteiger partial charge in [-0.2, -0.15) is 11.3 Å². The van der Waals surface area contributed by atoms with Crippen LogP contribution in [0, 0.1) is 0 Å². The van der Waals surface area contributed by atoms with Gasteiger partial charge in [0.2, 0.25) is 0 Å². The van der Waals surface area contributed by atoms with Gasteiger partial charge in [0, 0.05) is 18.0 Å². The van der Waals surface area contributed by atoms with Crippen LogP contribution in [0.2, 0.25) is 0 Å². The van der Waals surface area contributed by atoms with Gasteiger partial charge in [-0.15, -0.1) is 12.4 Å². The number of carbonyl (C=O) groups excluding carboxylic acids is 2. The average molecular weight is 382 g/mol. The molecule has 1 atom stereocenters. The van der Waals surface area contributed by atoms with Crippen molar-refractivity contribution in [2.45, 2.75) is 32.2 Å². The number of amides is 2. The van der Waals surface area contributed by atoms with E-state index in [1.54, 1.807) is 35.7 Å². The van der Waals surface area contributed by atoms with Gasteiger partial charge in [-0.05, 0) is 30.0 Å². The molecule has 0 saturated carbocycles. The molecule has 1 aromatic carbocycles. The Morgan fingerprint density at radius 1 is 1.20 bits per heavy atom. The van der Waals surface area contributed by atoms with Crippen molar-refractivity contribution in [2.75, 3.05) is 11.9 Å². The molecular formula is C18H24ClN3O2S. The predicted octanol–water partition coefficient (Wildman–Crippen LogP) is 3.67. The Morgan fingerprint density at radius 3 is 2.60 bits per heavy atom. The second-order valence-electron chi connectivity index (χ2n) is 5.56. The summed E-state index contributed by atoms with van der Waals surface area (Å²) in [5.41, 5.74) is 7.26. The molecule has 1 unspecified atom stereocenters. The summed E-state index contributed by atoms with van der Waals surface area (Å²) in [6, 6.07) is 8.68. The highest BCUT2D eigenvalue weighted by Gasteiger charge is 2.17. The van der Waals surface area contributed by atoms with Crippen LogP contribution < -0.4 is 16.4 Å². The maximum Gasteiger partial charge on any atom is 0.256 e. The highest BCUT2D eigenvalue weighted by atomic mass is 35.5. The zero-order valence-corrected chi connectivity index (χ0v) is 15.8. The van der Waals surface area contributed by atoms with E-state index in [2.05, 4.69) is 17.6 Å². The van der Waals surface area contributed by atoms with Gasteiger partial charge in [0.15, 0.2) is 0 Å². The molecule has 2 rings (SSSR count). The summed E-state index contributed by atoms with van der Waals surface area (Å²) in [6.07, 6.45) is 2.92. The van der Waals surface area contributed by atoms with E-state index in [1.807, 2.05) is 5.38 Å². The number of benzene rings is 1. The fraction of sp³-hybridized carbons (Fsp3) is 0.333. The third kappa shape index (κ3) is 6.16. The first kappa shape index (κ1) is 21.2. The van der Waals surface area contributed by atoms with Crippen LogP contribution in [0.3, 0.4) is 0 Å². The molecule has 0 saturated heterocycles. The van der Waals surface area contributed by atoms with Crippen molar-refractivity contribution < 1.29 is 9.59 Å². The second kappa shape index (κ2) is 10.9. The van der Waals surface area contributed by atoms with Crippen molar-refractivity contribution in [3.63, 3.8) is 0 Å². The summed E-state index contributed by atoms with van der Waals surface area (Å²) >= 11 is 1.45. The SMILES string of the molecule is CCCCC(CN)NC(=O)c1ccccc1NC(=O)c1ccsc1.Cl. The van der Waals surface area contributed by atoms with E-state index < -0.39 is 0 Å². The van der Waals surface area contributed by atoms with Gasteiger partial charge in [-0.3, -0.25) is 9.59 Å². The molecule has 2 amide bonds. The molecule has 1 heterocycles. The predicted molar refractivity (Wildman–Crippen MR) is 106 cm³/mol. The van der Waals surface area contributed by atoms with E-state index in [0.29, 0.717) is 23.4 Å². The van der Waals surface area contributed by atoms with Crippen molar-refractivity contribution in [1.82, 2.24) is 5.32 Å². The van der Waals surface area contributed by atoms with Crippen molar-refractivity contribution in [1.29, 1.82) is 0 Å². The lowest BCUT2D eigenvalue weighted by molar-refractivity contribution is 0.0936. The second-order valence-corrected chi connectivity index (χ2v) is 6.34. The van der Waals surface area contributed by atoms with Crippen molar-refractivity contribution in [3.05, 3.63) is 52.2 Å². The third-order valence-corrected chi connectivity index (χ3v) is 4.41. The molecule has 0 aliphatic rings. The number of nitrogens with one attached hydrogen (secondary N) is 2. The van der Waals surface area contributed by atoms with Gasteiger partial charge in [0.1, 0.15) is 0 Å². The maximum atomic E-state index is 12.6. The van der Waals surface area contributed by atoms with E-state index in [1.165, 1.54) is 11.3 Å². The molecule has 0 spiro atoms. The first-order valence-electron chi connectivity index (χ1n) is 8.09. The van der Waals surface area contributed by atoms with Crippen LogP contribution >= 0.6 is 23.7 Å². The maximum absolute atomic E-state index is 12.6. The average Bonchev–Trinajstić information content (AvgIpc) is 3.13. The molecule has 5 nitrogen and oxygen atoms in total. The molecular weight excluding hydrogens is 358 g/mol. The van der Waals surface area contributed by atoms with Gasteiger partial charge < -0.3 is 16.4 Å². The largest absolute Gasteiger partial charge is 0.348 e. The highest BCUT2D eigenvalue weighted by molar-refractivity contribution is 7.08. The Hall–Kier alpha value is -1.89. The molecule has 0 aliphatic heterocycles. The summed E-state index contributed by atoms with van der Waals surface area (Å²) in [6.45, 7) is 2.50. The number of para-hydroxylation sites is 1. The van der Waals surface area contributed by atoms with Crippen molar-refractivity contribution >= 4 is 41.2 Å². The lowest BCUT2D eigenvalue weighted by atomic mass is 10.1. The number of rotatable bonds is 8. The fourth-order valence-corrected chi connectivity index (χ4v) is 2.98. The number of thiophene rings is 1. The molecule has 1 aromatic heterocycles. The Labute approximate surface area is 158 Å². The molecule has 2 aromatic rings. The first-order chi connectivity index (χ1) is 11.7. The smallest absolute Gasteiger partial charge is 0.256 e. The van der Waals surface area contributed by atoms with E-state index >= 15 is 0 Å². The zero-order valence-electron chi connectivity index (χ0n) is 14.2. The molecule has 0 radical (unpaired) electrons. The van der Waals surface area contributed by atoms with Crippen molar-refractivity contribution in [3.8, 4) is 0 Å². The molecule has 7 heteroatoms. The molecule has 0 fully saturated rings. The summed E-state index contributed by atoms with van der Waals surface area (Å²) in [5.74, 6) is -0.444. The number of carbonyl (C=O) groups is 2. The van der Waals surface area contributed by atoms with E-state index in [0.717, 1.165) is 19.3 Å². The summed E-state index contributed by atoms with van der Waals surface area (Å²) in [7, 11) is 0. The third-order valence-electron chi connectivity index (χ3n) is 3.73. The fourth-order valence-electron chi connectivity index (χ4n) is 2.34. The monoisotopic (exact) mass is 381 g/mol. The Bertz CT molecular complexity index is 677. The van der Waals surface area contributed by atoms with Crippen molar-refractivity contribution in [2.24, 2.45) is 5.73 Å². The van der Waals surface area contributed by atoms with Crippen LogP contribution in [-0.4, -0.2) is 24.4 Å². The van der Waals surface area contributed by atoms with Gasteiger partial charge >= 0.3 is 0 Å². The Balaban J connectivity index is 0.00000312. The van der Waals surface area contributed by atoms with Gasteiger partial charge in [-0.25, -0.2) is 0 Å². The summed E-state index contributed by atoms with van der Waals surface area (Å²) < 4.78 is 0. The van der Waals surface area contributed by atoms with Gasteiger partial charge in [-0.1, -0.05) is 31.9 Å². The van der Waals surface area contributed by atoms with Crippen LogP contribution in [0.5, 0.6) is 0 Å². The number of anilines is 1. The minimum absolute atomic E-state index is 0. The number of nitrogens with two attached hydrogens (primary N) is 1. The van der Waals surface area contributed by atoms with E-state index in [-0.39, 0.29) is 30.3 Å². The number of hydrogen-bond donors (Lipinski definition) is 3. The Kier molecular flexibility index (Phi) is 9.20. The molecule has 136 valence electrons. The number of halogens is 1. The Morgan fingerprint density at radius 2 is 1.96 bits per heavy atom. The van der Waals surface area contributed by atoms with Crippen LogP contribution in [-0.2, 0) is 0 Å². The molecule has 0 aliphatic carbocycles. The minimum Gasteiger partial charge on any atom is -0.348 e. The van der Waals surface area contributed by atoms with Gasteiger partial charge in [0.25, 0.3) is 11.8 Å². The number of hydrogen-bond acceptors (Lipinski definition) is 4. The van der Waals surface area contributed by atoms with Crippen LogP contribution in [0.4, 0.5) is 5.69 Å². The first-order valence-corrected chi connectivity index (χ1v) is 9.03. The van der Waals surface area contributed by atoms with Crippen LogP contribution in [0.15, 0.2) is 41.1 Å². The molecule has 0 bridgehead atoms. The molecule has 25 heavy (non-hydrogen) atoms. The topological polar surface area (TPSA) is 84.2 Å². The summed E-state index contributed by atoms with van der Waals surface area (Å²) in [5, 5.41) is 9.37. The number of unbranched alkanes of at least 4 members (excludes halogenated alkanes) is 1. The minimum atomic E-state index is -0.224. The summed E-state index contributed by atoms with van der Waals surface area (Å²) in [4.78, 5) is 24.8. The standard InChI is InChI=1S/C18H23N3O2S.ClH/c1-2-3-6-14(11-19)20-18(23)15-7-4-5-8-16(15)21-17(22)13-9-10-24-12-13;/h4-5,7-10,12,14H,2-3,6,11,19H2,1H3,(H,20,23)(H,21,22);1H. The van der Waals surface area contributed by atoms with Crippen LogP contribution in [0.1, 0.15) is 46.9 Å². The lowest BCUT2D eigenvalue weighted by Crippen LogP contribution is -2.40. The quantitative estimate of drug-likeness (QED) is 0.652. The highest BCUT2D eigenvalue weighted by Crippen LogP contribution is 2.17.